The summed E-state index contributed by atoms with van der Waals surface area (Å²) >= 11 is 0. The Hall–Kier alpha value is -1.51. The number of ether oxygens (including phenoxy) is 2. The third-order valence-electron chi connectivity index (χ3n) is 3.44. The van der Waals surface area contributed by atoms with E-state index in [-0.39, 0.29) is 5.97 Å². The van der Waals surface area contributed by atoms with Crippen molar-refractivity contribution < 1.29 is 14.3 Å². The lowest BCUT2D eigenvalue weighted by atomic mass is 9.80. The fourth-order valence-electron chi connectivity index (χ4n) is 2.18. The minimum Gasteiger partial charge on any atom is -0.490 e. The zero-order chi connectivity index (χ0) is 16.5. The summed E-state index contributed by atoms with van der Waals surface area (Å²) in [5, 5.41) is 0. The Bertz CT molecular complexity index is 428. The van der Waals surface area contributed by atoms with Crippen LogP contribution in [0.15, 0.2) is 24.3 Å². The van der Waals surface area contributed by atoms with Gasteiger partial charge in [-0.05, 0) is 55.9 Å². The van der Waals surface area contributed by atoms with Gasteiger partial charge in [0.25, 0.3) is 0 Å². The van der Waals surface area contributed by atoms with Crippen molar-refractivity contribution in [3.05, 3.63) is 29.8 Å². The molecule has 1 saturated carbocycles. The van der Waals surface area contributed by atoms with Crippen molar-refractivity contribution in [2.45, 2.75) is 60.0 Å². The number of hydrogen-bond donors (Lipinski definition) is 0. The van der Waals surface area contributed by atoms with Gasteiger partial charge in [0, 0.05) is 0 Å². The van der Waals surface area contributed by atoms with Gasteiger partial charge in [-0.3, -0.25) is 0 Å². The molecule has 3 heteroatoms. The van der Waals surface area contributed by atoms with Crippen LogP contribution >= 0.6 is 0 Å². The van der Waals surface area contributed by atoms with Crippen LogP contribution in [0.3, 0.4) is 0 Å². The van der Waals surface area contributed by atoms with Crippen LogP contribution in [0.5, 0.6) is 5.75 Å². The topological polar surface area (TPSA) is 35.5 Å². The fraction of sp³-hybridized carbons (Fsp3) is 0.632. The first-order valence-corrected chi connectivity index (χ1v) is 8.40. The molecule has 0 aliphatic heterocycles. The molecule has 0 heterocycles. The van der Waals surface area contributed by atoms with Gasteiger partial charge in [-0.2, -0.15) is 0 Å². The van der Waals surface area contributed by atoms with Gasteiger partial charge in [-0.15, -0.1) is 0 Å². The SMILES string of the molecule is CC(C)C.CCOC(=O)c1ccc(OC2CC(CC)C2)cc1. The Labute approximate surface area is 135 Å². The number of esters is 1. The molecule has 1 aromatic carbocycles. The van der Waals surface area contributed by atoms with E-state index in [2.05, 4.69) is 27.7 Å². The van der Waals surface area contributed by atoms with Crippen LogP contribution in [-0.2, 0) is 4.74 Å². The molecule has 0 bridgehead atoms. The summed E-state index contributed by atoms with van der Waals surface area (Å²) in [4.78, 5) is 11.5. The lowest BCUT2D eigenvalue weighted by molar-refractivity contribution is 0.0525. The van der Waals surface area contributed by atoms with Crippen LogP contribution in [0.1, 0.15) is 64.2 Å². The first-order chi connectivity index (χ1) is 10.5. The number of hydrogen-bond acceptors (Lipinski definition) is 3. The maximum atomic E-state index is 11.5. The Balaban J connectivity index is 0.000000541. The van der Waals surface area contributed by atoms with Crippen molar-refractivity contribution in [2.75, 3.05) is 6.61 Å². The molecule has 3 nitrogen and oxygen atoms in total. The number of rotatable bonds is 5. The van der Waals surface area contributed by atoms with Gasteiger partial charge < -0.3 is 9.47 Å². The summed E-state index contributed by atoms with van der Waals surface area (Å²) < 4.78 is 10.8. The maximum Gasteiger partial charge on any atom is 0.338 e. The van der Waals surface area contributed by atoms with Gasteiger partial charge in [0.1, 0.15) is 5.75 Å². The molecule has 0 unspecified atom stereocenters. The minimum absolute atomic E-state index is 0.279. The lowest BCUT2D eigenvalue weighted by Crippen LogP contribution is -2.33. The molecule has 22 heavy (non-hydrogen) atoms. The zero-order valence-electron chi connectivity index (χ0n) is 14.6. The van der Waals surface area contributed by atoms with Crippen molar-refractivity contribution in [1.29, 1.82) is 0 Å². The highest BCUT2D eigenvalue weighted by atomic mass is 16.5. The van der Waals surface area contributed by atoms with Crippen LogP contribution < -0.4 is 4.74 Å². The van der Waals surface area contributed by atoms with Gasteiger partial charge >= 0.3 is 5.97 Å². The van der Waals surface area contributed by atoms with Gasteiger partial charge in [0.05, 0.1) is 18.3 Å². The summed E-state index contributed by atoms with van der Waals surface area (Å²) in [6.07, 6.45) is 3.89. The molecule has 0 saturated heterocycles. The predicted octanol–water partition coefficient (Wildman–Crippen LogP) is 5.09. The maximum absolute atomic E-state index is 11.5. The smallest absolute Gasteiger partial charge is 0.338 e. The van der Waals surface area contributed by atoms with E-state index in [1.54, 1.807) is 19.1 Å². The average Bonchev–Trinajstić information content (AvgIpc) is 2.42. The Morgan fingerprint density at radius 1 is 1.14 bits per heavy atom. The molecule has 1 fully saturated rings. The molecular weight excluding hydrogens is 276 g/mol. The highest BCUT2D eigenvalue weighted by Crippen LogP contribution is 2.33. The van der Waals surface area contributed by atoms with E-state index in [0.29, 0.717) is 18.3 Å². The summed E-state index contributed by atoms with van der Waals surface area (Å²) in [7, 11) is 0. The monoisotopic (exact) mass is 306 g/mol. The van der Waals surface area contributed by atoms with E-state index in [4.69, 9.17) is 9.47 Å². The molecule has 2 rings (SSSR count). The summed E-state index contributed by atoms with van der Waals surface area (Å²) in [6.45, 7) is 10.9. The van der Waals surface area contributed by atoms with E-state index in [9.17, 15) is 4.79 Å². The van der Waals surface area contributed by atoms with E-state index in [1.165, 1.54) is 6.42 Å². The van der Waals surface area contributed by atoms with E-state index < -0.39 is 0 Å². The second-order valence-electron chi connectivity index (χ2n) is 6.46. The second-order valence-corrected chi connectivity index (χ2v) is 6.46. The van der Waals surface area contributed by atoms with Crippen molar-refractivity contribution >= 4 is 5.97 Å². The molecule has 1 aliphatic rings. The summed E-state index contributed by atoms with van der Waals surface area (Å²) in [5.41, 5.74) is 0.573. The third kappa shape index (κ3) is 6.50. The molecule has 1 aromatic rings. The number of carbonyl (C=O) groups excluding carboxylic acids is 1. The molecule has 0 N–H and O–H groups in total. The van der Waals surface area contributed by atoms with Crippen LogP contribution in [-0.4, -0.2) is 18.7 Å². The molecule has 124 valence electrons. The standard InChI is InChI=1S/C15H20O3.C4H10/c1-3-11-9-14(10-11)18-13-7-5-12(6-8-13)15(16)17-4-2;1-4(2)3/h5-8,11,14H,3-4,9-10H2,1-2H3;4H,1-3H3. The van der Waals surface area contributed by atoms with Crippen molar-refractivity contribution in [3.8, 4) is 5.75 Å². The fourth-order valence-corrected chi connectivity index (χ4v) is 2.18. The molecule has 0 aromatic heterocycles. The van der Waals surface area contributed by atoms with Gasteiger partial charge in [-0.1, -0.05) is 34.1 Å². The number of carbonyl (C=O) groups is 1. The Morgan fingerprint density at radius 3 is 2.14 bits per heavy atom. The van der Waals surface area contributed by atoms with Crippen LogP contribution in [0.2, 0.25) is 0 Å². The minimum atomic E-state index is -0.279. The van der Waals surface area contributed by atoms with Crippen molar-refractivity contribution in [1.82, 2.24) is 0 Å². The highest BCUT2D eigenvalue weighted by Gasteiger charge is 2.29. The lowest BCUT2D eigenvalue weighted by Gasteiger charge is -2.34. The first-order valence-electron chi connectivity index (χ1n) is 8.40. The largest absolute Gasteiger partial charge is 0.490 e. The molecule has 0 spiro atoms. The molecule has 0 radical (unpaired) electrons. The number of benzene rings is 1. The average molecular weight is 306 g/mol. The van der Waals surface area contributed by atoms with Gasteiger partial charge in [0.2, 0.25) is 0 Å². The summed E-state index contributed by atoms with van der Waals surface area (Å²) in [5.74, 6) is 2.22. The van der Waals surface area contributed by atoms with Crippen LogP contribution in [0.4, 0.5) is 0 Å². The van der Waals surface area contributed by atoms with Crippen LogP contribution in [0.25, 0.3) is 0 Å². The van der Waals surface area contributed by atoms with Crippen LogP contribution in [0, 0.1) is 11.8 Å². The normalized spacial score (nSPS) is 19.7. The quantitative estimate of drug-likeness (QED) is 0.710. The second kappa shape index (κ2) is 9.50. The molecule has 0 amide bonds. The molecular formula is C19H30O3. The third-order valence-corrected chi connectivity index (χ3v) is 3.44. The van der Waals surface area contributed by atoms with Gasteiger partial charge in [0.15, 0.2) is 0 Å². The first kappa shape index (κ1) is 18.5. The molecule has 1 aliphatic carbocycles. The van der Waals surface area contributed by atoms with Crippen molar-refractivity contribution in [3.63, 3.8) is 0 Å². The summed E-state index contributed by atoms with van der Waals surface area (Å²) in [6, 6.07) is 7.18. The predicted molar refractivity (Wildman–Crippen MR) is 90.3 cm³/mol. The Morgan fingerprint density at radius 2 is 1.68 bits per heavy atom. The van der Waals surface area contributed by atoms with Crippen molar-refractivity contribution in [2.24, 2.45) is 11.8 Å². The molecule has 0 atom stereocenters. The van der Waals surface area contributed by atoms with Gasteiger partial charge in [-0.25, -0.2) is 4.79 Å². The zero-order valence-corrected chi connectivity index (χ0v) is 14.6. The van der Waals surface area contributed by atoms with E-state index >= 15 is 0 Å². The Kier molecular flexibility index (Phi) is 8.00. The highest BCUT2D eigenvalue weighted by molar-refractivity contribution is 5.89. The van der Waals surface area contributed by atoms with E-state index in [1.807, 2.05) is 12.1 Å². The van der Waals surface area contributed by atoms with E-state index in [0.717, 1.165) is 30.4 Å².